The average Bonchev–Trinajstić information content (AvgIpc) is 2.46. The van der Waals surface area contributed by atoms with Gasteiger partial charge in [0.1, 0.15) is 12.4 Å². The van der Waals surface area contributed by atoms with E-state index in [2.05, 4.69) is 4.90 Å². The fourth-order valence-corrected chi connectivity index (χ4v) is 1.87. The fourth-order valence-electron chi connectivity index (χ4n) is 1.87. The van der Waals surface area contributed by atoms with E-state index in [1.165, 1.54) is 0 Å². The Kier molecular flexibility index (Phi) is 4.63. The highest BCUT2D eigenvalue weighted by atomic mass is 16.5. The molecule has 1 aliphatic heterocycles. The Bertz CT molecular complexity index is 412. The van der Waals surface area contributed by atoms with Crippen molar-refractivity contribution in [3.63, 3.8) is 0 Å². The molecule has 104 valence electrons. The Morgan fingerprint density at radius 2 is 2.00 bits per heavy atom. The first-order valence-electron chi connectivity index (χ1n) is 6.45. The first-order chi connectivity index (χ1) is 9.16. The van der Waals surface area contributed by atoms with Crippen LogP contribution in [-0.4, -0.2) is 44.0 Å². The minimum absolute atomic E-state index is 0.187. The molecule has 2 rings (SSSR count). The van der Waals surface area contributed by atoms with Gasteiger partial charge in [-0.25, -0.2) is 0 Å². The number of rotatable bonds is 5. The molecule has 19 heavy (non-hydrogen) atoms. The van der Waals surface area contributed by atoms with Crippen LogP contribution < -0.4 is 9.64 Å². The summed E-state index contributed by atoms with van der Waals surface area (Å²) < 4.78 is 10.8. The molecule has 1 atom stereocenters. The topological polar surface area (TPSA) is 59.0 Å². The summed E-state index contributed by atoms with van der Waals surface area (Å²) in [5.74, 6) is -0.644. The molecule has 0 bridgehead atoms. The van der Waals surface area contributed by atoms with E-state index < -0.39 is 11.9 Å². The van der Waals surface area contributed by atoms with Gasteiger partial charge in [-0.2, -0.15) is 0 Å². The number of hydrogen-bond acceptors (Lipinski definition) is 4. The highest BCUT2D eigenvalue weighted by molar-refractivity contribution is 5.69. The first-order valence-corrected chi connectivity index (χ1v) is 6.45. The summed E-state index contributed by atoms with van der Waals surface area (Å²) >= 11 is 0. The Morgan fingerprint density at radius 3 is 2.58 bits per heavy atom. The second kappa shape index (κ2) is 6.43. The molecule has 1 heterocycles. The van der Waals surface area contributed by atoms with E-state index in [9.17, 15) is 4.79 Å². The molecule has 0 saturated carbocycles. The molecule has 0 spiro atoms. The monoisotopic (exact) mass is 265 g/mol. The highest BCUT2D eigenvalue weighted by Gasteiger charge is 2.13. The number of carboxylic acids is 1. The van der Waals surface area contributed by atoms with E-state index in [0.717, 1.165) is 32.0 Å². The van der Waals surface area contributed by atoms with Crippen LogP contribution in [0.4, 0.5) is 5.69 Å². The largest absolute Gasteiger partial charge is 0.493 e. The van der Waals surface area contributed by atoms with Gasteiger partial charge in [0.05, 0.1) is 19.1 Å². The molecule has 5 heteroatoms. The van der Waals surface area contributed by atoms with Gasteiger partial charge in [-0.05, 0) is 31.2 Å². The van der Waals surface area contributed by atoms with E-state index in [0.29, 0.717) is 5.75 Å². The lowest BCUT2D eigenvalue weighted by molar-refractivity contribution is -0.142. The zero-order valence-electron chi connectivity index (χ0n) is 11.0. The van der Waals surface area contributed by atoms with Gasteiger partial charge in [0.25, 0.3) is 0 Å². The Hall–Kier alpha value is -1.75. The third-order valence-corrected chi connectivity index (χ3v) is 3.13. The molecule has 0 amide bonds. The molecule has 1 fully saturated rings. The number of nitrogens with zero attached hydrogens (tertiary/aromatic N) is 1. The van der Waals surface area contributed by atoms with Crippen molar-refractivity contribution in [3.8, 4) is 5.75 Å². The minimum Gasteiger partial charge on any atom is -0.493 e. The first kappa shape index (κ1) is 13.7. The van der Waals surface area contributed by atoms with Crippen molar-refractivity contribution in [3.05, 3.63) is 24.3 Å². The number of carboxylic acid groups (broad SMARTS) is 1. The predicted molar refractivity (Wildman–Crippen MR) is 71.8 cm³/mol. The molecule has 1 saturated heterocycles. The van der Waals surface area contributed by atoms with Crippen LogP contribution in [0.1, 0.15) is 6.92 Å². The van der Waals surface area contributed by atoms with Gasteiger partial charge in [-0.3, -0.25) is 4.79 Å². The van der Waals surface area contributed by atoms with Gasteiger partial charge >= 0.3 is 5.97 Å². The molecule has 5 nitrogen and oxygen atoms in total. The van der Waals surface area contributed by atoms with Crippen LogP contribution in [0, 0.1) is 5.92 Å². The molecule has 1 unspecified atom stereocenters. The third-order valence-electron chi connectivity index (χ3n) is 3.13. The van der Waals surface area contributed by atoms with Crippen molar-refractivity contribution in [2.45, 2.75) is 6.92 Å². The lowest BCUT2D eigenvalue weighted by Crippen LogP contribution is -2.36. The Balaban J connectivity index is 1.89. The zero-order chi connectivity index (χ0) is 13.7. The predicted octanol–water partition coefficient (Wildman–Crippen LogP) is 1.62. The van der Waals surface area contributed by atoms with Crippen molar-refractivity contribution < 1.29 is 19.4 Å². The molecule has 1 aromatic rings. The number of hydrogen-bond donors (Lipinski definition) is 1. The molecule has 0 radical (unpaired) electrons. The van der Waals surface area contributed by atoms with Gasteiger partial charge in [0, 0.05) is 18.8 Å². The van der Waals surface area contributed by atoms with Crippen LogP contribution in [0.5, 0.6) is 5.75 Å². The lowest BCUT2D eigenvalue weighted by Gasteiger charge is -2.28. The Morgan fingerprint density at radius 1 is 1.37 bits per heavy atom. The van der Waals surface area contributed by atoms with Gasteiger partial charge in [0.2, 0.25) is 0 Å². The molecular formula is C14H19NO4. The normalized spacial score (nSPS) is 17.0. The highest BCUT2D eigenvalue weighted by Crippen LogP contribution is 2.20. The van der Waals surface area contributed by atoms with E-state index in [1.54, 1.807) is 6.92 Å². The smallest absolute Gasteiger partial charge is 0.309 e. The third kappa shape index (κ3) is 3.86. The molecular weight excluding hydrogens is 246 g/mol. The summed E-state index contributed by atoms with van der Waals surface area (Å²) in [5, 5.41) is 8.78. The second-order valence-electron chi connectivity index (χ2n) is 4.64. The summed E-state index contributed by atoms with van der Waals surface area (Å²) in [7, 11) is 0. The summed E-state index contributed by atoms with van der Waals surface area (Å²) in [5.41, 5.74) is 1.14. The van der Waals surface area contributed by atoms with Crippen LogP contribution in [0.3, 0.4) is 0 Å². The van der Waals surface area contributed by atoms with Crippen LogP contribution in [0.15, 0.2) is 24.3 Å². The maximum absolute atomic E-state index is 10.7. The van der Waals surface area contributed by atoms with Crippen molar-refractivity contribution >= 4 is 11.7 Å². The summed E-state index contributed by atoms with van der Waals surface area (Å²) in [6.07, 6.45) is 0. The lowest BCUT2D eigenvalue weighted by atomic mass is 10.2. The zero-order valence-corrected chi connectivity index (χ0v) is 11.0. The average molecular weight is 265 g/mol. The summed E-state index contributed by atoms with van der Waals surface area (Å²) in [6.45, 7) is 5.13. The maximum Gasteiger partial charge on any atom is 0.309 e. The van der Waals surface area contributed by atoms with Crippen LogP contribution in [-0.2, 0) is 9.53 Å². The molecule has 1 N–H and O–H groups in total. The van der Waals surface area contributed by atoms with Crippen LogP contribution >= 0.6 is 0 Å². The van der Waals surface area contributed by atoms with Crippen LogP contribution in [0.25, 0.3) is 0 Å². The van der Waals surface area contributed by atoms with Gasteiger partial charge in [-0.15, -0.1) is 0 Å². The number of morpholine rings is 1. The number of ether oxygens (including phenoxy) is 2. The van der Waals surface area contributed by atoms with E-state index >= 15 is 0 Å². The summed E-state index contributed by atoms with van der Waals surface area (Å²) in [6, 6.07) is 7.73. The van der Waals surface area contributed by atoms with Crippen molar-refractivity contribution in [1.82, 2.24) is 0 Å². The van der Waals surface area contributed by atoms with E-state index in [4.69, 9.17) is 14.6 Å². The van der Waals surface area contributed by atoms with E-state index in [1.807, 2.05) is 24.3 Å². The molecule has 0 aliphatic carbocycles. The quantitative estimate of drug-likeness (QED) is 0.876. The fraction of sp³-hybridized carbons (Fsp3) is 0.500. The molecule has 0 aromatic heterocycles. The van der Waals surface area contributed by atoms with E-state index in [-0.39, 0.29) is 6.61 Å². The standard InChI is InChI=1S/C14H19NO4/c1-11(14(16)17)10-19-13-4-2-12(3-5-13)15-6-8-18-9-7-15/h2-5,11H,6-10H2,1H3,(H,16,17). The number of anilines is 1. The van der Waals surface area contributed by atoms with Crippen molar-refractivity contribution in [2.24, 2.45) is 5.92 Å². The van der Waals surface area contributed by atoms with Crippen molar-refractivity contribution in [1.29, 1.82) is 0 Å². The van der Waals surface area contributed by atoms with Gasteiger partial charge in [0.15, 0.2) is 0 Å². The van der Waals surface area contributed by atoms with Crippen LogP contribution in [0.2, 0.25) is 0 Å². The minimum atomic E-state index is -0.843. The molecule has 1 aromatic carbocycles. The van der Waals surface area contributed by atoms with Crippen molar-refractivity contribution in [2.75, 3.05) is 37.8 Å². The molecule has 1 aliphatic rings. The summed E-state index contributed by atoms with van der Waals surface area (Å²) in [4.78, 5) is 12.9. The number of aliphatic carboxylic acids is 1. The number of carbonyl (C=O) groups is 1. The Labute approximate surface area is 112 Å². The number of benzene rings is 1. The second-order valence-corrected chi connectivity index (χ2v) is 4.64. The maximum atomic E-state index is 10.7. The van der Waals surface area contributed by atoms with Gasteiger partial charge in [-0.1, -0.05) is 0 Å². The SMILES string of the molecule is CC(COc1ccc(N2CCOCC2)cc1)C(=O)O. The van der Waals surface area contributed by atoms with Gasteiger partial charge < -0.3 is 19.5 Å².